The second-order valence-corrected chi connectivity index (χ2v) is 9.57. The van der Waals surface area contributed by atoms with Crippen molar-refractivity contribution in [2.75, 3.05) is 0 Å². The molecule has 0 aromatic heterocycles. The third kappa shape index (κ3) is 4.43. The van der Waals surface area contributed by atoms with Gasteiger partial charge in [-0.1, -0.05) is 72.0 Å². The molecule has 0 aromatic rings. The van der Waals surface area contributed by atoms with Crippen molar-refractivity contribution in [2.45, 2.75) is 99.8 Å². The van der Waals surface area contributed by atoms with Crippen LogP contribution in [0.3, 0.4) is 0 Å². The molecule has 0 radical (unpaired) electrons. The van der Waals surface area contributed by atoms with E-state index in [0.29, 0.717) is 5.41 Å². The highest BCUT2D eigenvalue weighted by Crippen LogP contribution is 2.51. The molecule has 0 spiro atoms. The highest BCUT2D eigenvalue weighted by Gasteiger charge is 2.39. The molecular weight excluding hydrogens is 276 g/mol. The van der Waals surface area contributed by atoms with Gasteiger partial charge in [-0.3, -0.25) is 0 Å². The number of fused-ring (bicyclic) bond motifs is 1. The predicted molar refractivity (Wildman–Crippen MR) is 104 cm³/mol. The maximum atomic E-state index is 2.54. The summed E-state index contributed by atoms with van der Waals surface area (Å²) in [5, 5.41) is 0. The molecule has 1 fully saturated rings. The van der Waals surface area contributed by atoms with Gasteiger partial charge in [0.2, 0.25) is 0 Å². The molecule has 0 heterocycles. The number of allylic oxidation sites excluding steroid dienone is 2. The Kier molecular flexibility index (Phi) is 6.42. The van der Waals surface area contributed by atoms with Crippen LogP contribution in [-0.4, -0.2) is 0 Å². The first-order valence-electron chi connectivity index (χ1n) is 10.5. The van der Waals surface area contributed by atoms with E-state index in [1.165, 1.54) is 51.4 Å². The first kappa shape index (κ1) is 19.1. The summed E-state index contributed by atoms with van der Waals surface area (Å²) in [5.41, 5.74) is 4.05. The Morgan fingerprint density at radius 2 is 1.65 bits per heavy atom. The largest absolute Gasteiger partial charge is 0.0663 e. The zero-order valence-corrected chi connectivity index (χ0v) is 17.0. The molecule has 2 aliphatic rings. The SMILES string of the molecule is CCCC1CCC2C(C)=C2CC(C)C(C)(C)C(C)CC(CC)C1. The van der Waals surface area contributed by atoms with E-state index in [0.717, 1.165) is 29.6 Å². The Bertz CT molecular complexity index is 414. The van der Waals surface area contributed by atoms with Gasteiger partial charge < -0.3 is 0 Å². The molecule has 0 saturated heterocycles. The smallest absolute Gasteiger partial charge is 0.00101 e. The fourth-order valence-corrected chi connectivity index (χ4v) is 5.13. The summed E-state index contributed by atoms with van der Waals surface area (Å²) in [6.45, 7) is 17.3. The van der Waals surface area contributed by atoms with Gasteiger partial charge >= 0.3 is 0 Å². The van der Waals surface area contributed by atoms with Crippen LogP contribution in [0.15, 0.2) is 11.1 Å². The molecule has 2 aliphatic carbocycles. The molecule has 134 valence electrons. The minimum atomic E-state index is 0.466. The topological polar surface area (TPSA) is 0 Å². The molecule has 5 atom stereocenters. The Labute approximate surface area is 146 Å². The van der Waals surface area contributed by atoms with E-state index in [1.807, 2.05) is 5.57 Å². The monoisotopic (exact) mass is 318 g/mol. The van der Waals surface area contributed by atoms with Crippen LogP contribution in [0, 0.1) is 35.0 Å². The lowest BCUT2D eigenvalue weighted by Gasteiger charge is -2.40. The lowest BCUT2D eigenvalue weighted by molar-refractivity contribution is 0.106. The summed E-state index contributed by atoms with van der Waals surface area (Å²) in [4.78, 5) is 0. The van der Waals surface area contributed by atoms with E-state index in [2.05, 4.69) is 48.5 Å². The molecule has 0 heteroatoms. The molecule has 23 heavy (non-hydrogen) atoms. The van der Waals surface area contributed by atoms with Crippen molar-refractivity contribution in [3.8, 4) is 0 Å². The second kappa shape index (κ2) is 7.75. The van der Waals surface area contributed by atoms with Gasteiger partial charge in [-0.2, -0.15) is 0 Å². The van der Waals surface area contributed by atoms with Gasteiger partial charge in [-0.05, 0) is 68.1 Å². The summed E-state index contributed by atoms with van der Waals surface area (Å²) in [5.74, 6) is 4.47. The van der Waals surface area contributed by atoms with Gasteiger partial charge in [0.25, 0.3) is 0 Å². The van der Waals surface area contributed by atoms with Crippen molar-refractivity contribution in [3.05, 3.63) is 11.1 Å². The first-order chi connectivity index (χ1) is 10.8. The molecule has 2 rings (SSSR count). The van der Waals surface area contributed by atoms with Crippen LogP contribution in [0.25, 0.3) is 0 Å². The maximum absolute atomic E-state index is 2.54. The third-order valence-electron chi connectivity index (χ3n) is 7.92. The van der Waals surface area contributed by atoms with Crippen molar-refractivity contribution >= 4 is 0 Å². The van der Waals surface area contributed by atoms with Gasteiger partial charge in [0.1, 0.15) is 0 Å². The minimum absolute atomic E-state index is 0.466. The standard InChI is InChI=1S/C23H42/c1-8-10-20-11-12-21-18(5)22(21)14-17(4)23(6,7)16(3)13-19(9-2)15-20/h16-17,19-21H,8-15H2,1-7H3. The second-order valence-electron chi connectivity index (χ2n) is 9.57. The lowest BCUT2D eigenvalue weighted by Crippen LogP contribution is -2.31. The predicted octanol–water partition coefficient (Wildman–Crippen LogP) is 7.64. The number of hydrogen-bond acceptors (Lipinski definition) is 0. The van der Waals surface area contributed by atoms with Crippen molar-refractivity contribution < 1.29 is 0 Å². The molecule has 0 aliphatic heterocycles. The van der Waals surface area contributed by atoms with Crippen LogP contribution in [0.1, 0.15) is 99.8 Å². The maximum Gasteiger partial charge on any atom is 0.00101 e. The highest BCUT2D eigenvalue weighted by molar-refractivity contribution is 5.39. The van der Waals surface area contributed by atoms with Crippen LogP contribution >= 0.6 is 0 Å². The van der Waals surface area contributed by atoms with Gasteiger partial charge in [0, 0.05) is 5.92 Å². The fraction of sp³-hybridized carbons (Fsp3) is 0.913. The summed E-state index contributed by atoms with van der Waals surface area (Å²) in [6.07, 6.45) is 11.4. The molecule has 0 nitrogen and oxygen atoms in total. The quantitative estimate of drug-likeness (QED) is 0.469. The van der Waals surface area contributed by atoms with Crippen LogP contribution in [-0.2, 0) is 0 Å². The molecule has 0 bridgehead atoms. The first-order valence-corrected chi connectivity index (χ1v) is 10.5. The van der Waals surface area contributed by atoms with Crippen molar-refractivity contribution in [2.24, 2.45) is 35.0 Å². The zero-order valence-electron chi connectivity index (χ0n) is 17.0. The Balaban J connectivity index is 2.15. The van der Waals surface area contributed by atoms with Crippen molar-refractivity contribution in [3.63, 3.8) is 0 Å². The summed E-state index contributed by atoms with van der Waals surface area (Å²) < 4.78 is 0. The average Bonchev–Trinajstić information content (AvgIpc) is 3.11. The van der Waals surface area contributed by atoms with Crippen molar-refractivity contribution in [1.82, 2.24) is 0 Å². The minimum Gasteiger partial charge on any atom is -0.0663 e. The lowest BCUT2D eigenvalue weighted by atomic mass is 9.65. The van der Waals surface area contributed by atoms with Gasteiger partial charge in [0.15, 0.2) is 0 Å². The third-order valence-corrected chi connectivity index (χ3v) is 7.92. The normalized spacial score (nSPS) is 38.5. The zero-order chi connectivity index (χ0) is 17.2. The van der Waals surface area contributed by atoms with E-state index >= 15 is 0 Å². The van der Waals surface area contributed by atoms with E-state index in [9.17, 15) is 0 Å². The average molecular weight is 319 g/mol. The Morgan fingerprint density at radius 3 is 2.26 bits per heavy atom. The summed E-state index contributed by atoms with van der Waals surface area (Å²) in [6, 6.07) is 0. The fourth-order valence-electron chi connectivity index (χ4n) is 5.13. The van der Waals surface area contributed by atoms with Crippen LogP contribution in [0.5, 0.6) is 0 Å². The highest BCUT2D eigenvalue weighted by atomic mass is 14.4. The summed E-state index contributed by atoms with van der Waals surface area (Å²) >= 11 is 0. The Hall–Kier alpha value is -0.260. The van der Waals surface area contributed by atoms with Crippen molar-refractivity contribution in [1.29, 1.82) is 0 Å². The van der Waals surface area contributed by atoms with E-state index in [4.69, 9.17) is 0 Å². The van der Waals surface area contributed by atoms with Gasteiger partial charge in [0.05, 0.1) is 0 Å². The number of rotatable bonds is 3. The Morgan fingerprint density at radius 1 is 0.957 bits per heavy atom. The molecule has 0 amide bonds. The van der Waals surface area contributed by atoms with Gasteiger partial charge in [-0.25, -0.2) is 0 Å². The van der Waals surface area contributed by atoms with Crippen LogP contribution < -0.4 is 0 Å². The molecule has 5 unspecified atom stereocenters. The van der Waals surface area contributed by atoms with E-state index in [-0.39, 0.29) is 0 Å². The molecule has 1 saturated carbocycles. The van der Waals surface area contributed by atoms with E-state index < -0.39 is 0 Å². The van der Waals surface area contributed by atoms with E-state index in [1.54, 1.807) is 5.57 Å². The molecule has 0 aromatic carbocycles. The molecule has 0 N–H and O–H groups in total. The van der Waals surface area contributed by atoms with Crippen LogP contribution in [0.2, 0.25) is 0 Å². The van der Waals surface area contributed by atoms with Crippen LogP contribution in [0.4, 0.5) is 0 Å². The van der Waals surface area contributed by atoms with Gasteiger partial charge in [-0.15, -0.1) is 0 Å². The molecular formula is C23H42. The summed E-state index contributed by atoms with van der Waals surface area (Å²) in [7, 11) is 0. The number of hydrogen-bond donors (Lipinski definition) is 0.